The molecule has 8 heteroatoms. The van der Waals surface area contributed by atoms with Crippen molar-refractivity contribution < 1.29 is 22.7 Å². The van der Waals surface area contributed by atoms with Crippen molar-refractivity contribution in [1.29, 1.82) is 0 Å². The number of carbonyl (C=O) groups excluding carboxylic acids is 1. The number of halogens is 4. The second-order valence-electron chi connectivity index (χ2n) is 5.56. The van der Waals surface area contributed by atoms with E-state index < -0.39 is 6.36 Å². The molecule has 23 heavy (non-hydrogen) atoms. The summed E-state index contributed by atoms with van der Waals surface area (Å²) in [4.78, 5) is 14.0. The predicted octanol–water partition coefficient (Wildman–Crippen LogP) is 3.21. The van der Waals surface area contributed by atoms with Crippen LogP contribution < -0.4 is 10.5 Å². The normalized spacial score (nSPS) is 17.3. The highest BCUT2D eigenvalue weighted by Crippen LogP contribution is 2.25. The minimum absolute atomic E-state index is 0. The van der Waals surface area contributed by atoms with Crippen molar-refractivity contribution in [2.75, 3.05) is 13.1 Å². The van der Waals surface area contributed by atoms with E-state index in [2.05, 4.69) is 4.74 Å². The summed E-state index contributed by atoms with van der Waals surface area (Å²) in [5.41, 5.74) is 6.05. The van der Waals surface area contributed by atoms with E-state index in [1.165, 1.54) is 18.2 Å². The van der Waals surface area contributed by atoms with Gasteiger partial charge in [-0.1, -0.05) is 6.07 Å². The zero-order valence-corrected chi connectivity index (χ0v) is 13.5. The van der Waals surface area contributed by atoms with E-state index in [0.717, 1.165) is 18.9 Å². The summed E-state index contributed by atoms with van der Waals surface area (Å²) >= 11 is 0. The van der Waals surface area contributed by atoms with Gasteiger partial charge in [-0.05, 0) is 43.9 Å². The third-order valence-corrected chi connectivity index (χ3v) is 3.88. The zero-order valence-electron chi connectivity index (χ0n) is 12.7. The summed E-state index contributed by atoms with van der Waals surface area (Å²) in [5, 5.41) is 0. The van der Waals surface area contributed by atoms with Crippen molar-refractivity contribution in [3.05, 3.63) is 29.8 Å². The summed E-state index contributed by atoms with van der Waals surface area (Å²) in [6, 6.07) is 5.24. The first-order valence-electron chi connectivity index (χ1n) is 7.17. The minimum atomic E-state index is -4.77. The number of rotatable bonds is 3. The van der Waals surface area contributed by atoms with E-state index in [1.54, 1.807) is 4.90 Å². The van der Waals surface area contributed by atoms with Crippen LogP contribution in [-0.2, 0) is 0 Å². The van der Waals surface area contributed by atoms with E-state index in [4.69, 9.17) is 5.73 Å². The fourth-order valence-electron chi connectivity index (χ4n) is 2.64. The van der Waals surface area contributed by atoms with Crippen LogP contribution in [0.1, 0.15) is 30.1 Å². The van der Waals surface area contributed by atoms with Gasteiger partial charge in [0.25, 0.3) is 5.91 Å². The first-order valence-corrected chi connectivity index (χ1v) is 7.17. The maximum Gasteiger partial charge on any atom is 0.573 e. The predicted molar refractivity (Wildman–Crippen MR) is 82.6 cm³/mol. The van der Waals surface area contributed by atoms with Crippen molar-refractivity contribution in [2.24, 2.45) is 11.7 Å². The number of piperidine rings is 1. The third kappa shape index (κ3) is 5.58. The molecule has 1 aromatic rings. The van der Waals surface area contributed by atoms with E-state index in [0.29, 0.717) is 19.0 Å². The number of benzene rings is 1. The second-order valence-corrected chi connectivity index (χ2v) is 5.56. The van der Waals surface area contributed by atoms with Crippen LogP contribution in [-0.4, -0.2) is 36.3 Å². The van der Waals surface area contributed by atoms with Crippen LogP contribution in [0.5, 0.6) is 5.75 Å². The molecule has 1 saturated heterocycles. The zero-order chi connectivity index (χ0) is 16.3. The van der Waals surface area contributed by atoms with Gasteiger partial charge in [-0.15, -0.1) is 25.6 Å². The monoisotopic (exact) mass is 352 g/mol. The second kappa shape index (κ2) is 7.88. The van der Waals surface area contributed by atoms with Crippen molar-refractivity contribution in [3.63, 3.8) is 0 Å². The van der Waals surface area contributed by atoms with Gasteiger partial charge in [-0.3, -0.25) is 4.79 Å². The van der Waals surface area contributed by atoms with Gasteiger partial charge in [0.2, 0.25) is 0 Å². The number of ether oxygens (including phenoxy) is 1. The molecule has 0 radical (unpaired) electrons. The molecule has 1 atom stereocenters. The number of amides is 1. The Hall–Kier alpha value is -1.47. The third-order valence-electron chi connectivity index (χ3n) is 3.88. The van der Waals surface area contributed by atoms with Crippen LogP contribution in [0.3, 0.4) is 0 Å². The molecular weight excluding hydrogens is 333 g/mol. The molecule has 2 N–H and O–H groups in total. The van der Waals surface area contributed by atoms with Crippen molar-refractivity contribution in [1.82, 2.24) is 4.90 Å². The van der Waals surface area contributed by atoms with Crippen LogP contribution in [0.15, 0.2) is 24.3 Å². The number of nitrogens with zero attached hydrogens (tertiary/aromatic N) is 1. The van der Waals surface area contributed by atoms with Gasteiger partial charge >= 0.3 is 6.36 Å². The quantitative estimate of drug-likeness (QED) is 0.908. The highest BCUT2D eigenvalue weighted by molar-refractivity contribution is 5.94. The Morgan fingerprint density at radius 3 is 2.48 bits per heavy atom. The average Bonchev–Trinajstić information content (AvgIpc) is 2.45. The standard InChI is InChI=1S/C15H19F3N2O2.ClH/c1-10(19)11-5-7-20(8-6-11)14(21)12-3-2-4-13(9-12)22-15(16,17)18;/h2-4,9-11H,5-8,19H2,1H3;1H. The molecule has 1 unspecified atom stereocenters. The van der Waals surface area contributed by atoms with E-state index >= 15 is 0 Å². The van der Waals surface area contributed by atoms with Gasteiger partial charge in [0.1, 0.15) is 5.75 Å². The average molecular weight is 353 g/mol. The first kappa shape index (κ1) is 19.6. The maximum absolute atomic E-state index is 12.4. The van der Waals surface area contributed by atoms with E-state index in [1.807, 2.05) is 6.92 Å². The van der Waals surface area contributed by atoms with Crippen molar-refractivity contribution in [3.8, 4) is 5.75 Å². The van der Waals surface area contributed by atoms with Gasteiger partial charge in [0.05, 0.1) is 0 Å². The maximum atomic E-state index is 12.4. The Balaban J connectivity index is 0.00000264. The van der Waals surface area contributed by atoms with Crippen LogP contribution in [0.2, 0.25) is 0 Å². The van der Waals surface area contributed by atoms with Gasteiger partial charge < -0.3 is 15.4 Å². The largest absolute Gasteiger partial charge is 0.573 e. The lowest BCUT2D eigenvalue weighted by Gasteiger charge is -2.33. The number of hydrogen-bond donors (Lipinski definition) is 1. The molecule has 4 nitrogen and oxygen atoms in total. The Morgan fingerprint density at radius 2 is 1.96 bits per heavy atom. The topological polar surface area (TPSA) is 55.6 Å². The van der Waals surface area contributed by atoms with E-state index in [-0.39, 0.29) is 35.7 Å². The number of alkyl halides is 3. The highest BCUT2D eigenvalue weighted by atomic mass is 35.5. The fraction of sp³-hybridized carbons (Fsp3) is 0.533. The smallest absolute Gasteiger partial charge is 0.406 e. The molecule has 2 rings (SSSR count). The molecule has 1 fully saturated rings. The molecular formula is C15H20ClF3N2O2. The van der Waals surface area contributed by atoms with Gasteiger partial charge in [-0.25, -0.2) is 0 Å². The van der Waals surface area contributed by atoms with Crippen LogP contribution in [0.4, 0.5) is 13.2 Å². The summed E-state index contributed by atoms with van der Waals surface area (Å²) in [5.74, 6) is -0.288. The van der Waals surface area contributed by atoms with Crippen LogP contribution >= 0.6 is 12.4 Å². The lowest BCUT2D eigenvalue weighted by molar-refractivity contribution is -0.274. The summed E-state index contributed by atoms with van der Waals surface area (Å²) in [6.45, 7) is 3.07. The molecule has 0 aromatic heterocycles. The Bertz CT molecular complexity index is 530. The molecule has 1 aromatic carbocycles. The van der Waals surface area contributed by atoms with Crippen LogP contribution in [0.25, 0.3) is 0 Å². The molecule has 0 saturated carbocycles. The number of nitrogens with two attached hydrogens (primary N) is 1. The number of hydrogen-bond acceptors (Lipinski definition) is 3. The first-order chi connectivity index (χ1) is 10.3. The Labute approximate surface area is 139 Å². The molecule has 1 amide bonds. The summed E-state index contributed by atoms with van der Waals surface area (Å²) < 4.78 is 40.5. The van der Waals surface area contributed by atoms with Gasteiger partial charge in [0, 0.05) is 24.7 Å². The minimum Gasteiger partial charge on any atom is -0.406 e. The molecule has 0 bridgehead atoms. The van der Waals surface area contributed by atoms with Crippen LogP contribution in [0, 0.1) is 5.92 Å². The van der Waals surface area contributed by atoms with Gasteiger partial charge in [0.15, 0.2) is 0 Å². The number of carbonyl (C=O) groups is 1. The molecule has 0 spiro atoms. The molecule has 1 aliphatic rings. The summed E-state index contributed by atoms with van der Waals surface area (Å²) in [7, 11) is 0. The Morgan fingerprint density at radius 1 is 1.35 bits per heavy atom. The van der Waals surface area contributed by atoms with Crippen molar-refractivity contribution in [2.45, 2.75) is 32.2 Å². The number of likely N-dealkylation sites (tertiary alicyclic amines) is 1. The lowest BCUT2D eigenvalue weighted by atomic mass is 9.90. The fourth-order valence-corrected chi connectivity index (χ4v) is 2.64. The molecule has 1 heterocycles. The Kier molecular flexibility index (Phi) is 6.70. The molecule has 0 aliphatic carbocycles. The lowest BCUT2D eigenvalue weighted by Crippen LogP contribution is -2.42. The van der Waals surface area contributed by atoms with Gasteiger partial charge in [-0.2, -0.15) is 0 Å². The van der Waals surface area contributed by atoms with Crippen molar-refractivity contribution >= 4 is 18.3 Å². The SMILES string of the molecule is CC(N)C1CCN(C(=O)c2cccc(OC(F)(F)F)c2)CC1.Cl. The molecule has 1 aliphatic heterocycles. The summed E-state index contributed by atoms with van der Waals surface area (Å²) in [6.07, 6.45) is -3.15. The highest BCUT2D eigenvalue weighted by Gasteiger charge is 2.31. The van der Waals surface area contributed by atoms with E-state index in [9.17, 15) is 18.0 Å². The molecule has 130 valence electrons.